The van der Waals surface area contributed by atoms with Crippen molar-refractivity contribution < 1.29 is 24.6 Å². The van der Waals surface area contributed by atoms with Crippen LogP contribution in [-0.4, -0.2) is 46.0 Å². The molecule has 1 heterocycles. The van der Waals surface area contributed by atoms with E-state index in [9.17, 15) is 19.5 Å². The number of aliphatic carboxylic acids is 1. The Bertz CT molecular complexity index is 904. The first-order valence-corrected chi connectivity index (χ1v) is 8.31. The average Bonchev–Trinajstić information content (AvgIpc) is 2.94. The van der Waals surface area contributed by atoms with Crippen molar-refractivity contribution in [1.82, 2.24) is 10.2 Å². The molecule has 7 heteroatoms. The second kappa shape index (κ2) is 7.74. The van der Waals surface area contributed by atoms with Crippen LogP contribution in [0, 0.1) is 0 Å². The minimum absolute atomic E-state index is 0.0882. The predicted molar refractivity (Wildman–Crippen MR) is 97.6 cm³/mol. The van der Waals surface area contributed by atoms with Gasteiger partial charge in [0.05, 0.1) is 6.54 Å². The van der Waals surface area contributed by atoms with E-state index >= 15 is 0 Å². The molecule has 0 bridgehead atoms. The summed E-state index contributed by atoms with van der Waals surface area (Å²) in [4.78, 5) is 36.2. The van der Waals surface area contributed by atoms with E-state index in [1.54, 1.807) is 0 Å². The summed E-state index contributed by atoms with van der Waals surface area (Å²) in [6, 6.07) is 17.5. The van der Waals surface area contributed by atoms with Crippen molar-refractivity contribution in [2.75, 3.05) is 13.1 Å². The summed E-state index contributed by atoms with van der Waals surface area (Å²) in [7, 11) is 0. The van der Waals surface area contributed by atoms with Crippen molar-refractivity contribution in [3.63, 3.8) is 0 Å². The molecule has 0 spiro atoms. The van der Waals surface area contributed by atoms with Gasteiger partial charge in [0.2, 0.25) is 0 Å². The first-order chi connectivity index (χ1) is 13.0. The van der Waals surface area contributed by atoms with Crippen LogP contribution in [0.15, 0.2) is 65.9 Å². The maximum Gasteiger partial charge on any atom is 0.322 e. The van der Waals surface area contributed by atoms with E-state index in [-0.39, 0.29) is 18.8 Å². The Balaban J connectivity index is 1.66. The number of benzene rings is 2. The molecule has 0 aromatic heterocycles. The van der Waals surface area contributed by atoms with Gasteiger partial charge in [-0.05, 0) is 16.7 Å². The molecule has 2 aromatic carbocycles. The summed E-state index contributed by atoms with van der Waals surface area (Å²) in [6.45, 7) is -0.480. The Kier molecular flexibility index (Phi) is 5.21. The van der Waals surface area contributed by atoms with Gasteiger partial charge in [0.15, 0.2) is 0 Å². The number of amides is 2. The number of carbonyl (C=O) groups is 3. The maximum absolute atomic E-state index is 12.4. The number of hydrogen-bond donors (Lipinski definition) is 3. The van der Waals surface area contributed by atoms with Crippen LogP contribution in [0.25, 0.3) is 11.1 Å². The number of aliphatic hydroxyl groups is 1. The lowest BCUT2D eigenvalue weighted by Gasteiger charge is -2.16. The molecule has 1 aliphatic heterocycles. The molecule has 0 atom stereocenters. The van der Waals surface area contributed by atoms with Crippen LogP contribution in [0.1, 0.15) is 5.56 Å². The highest BCUT2D eigenvalue weighted by atomic mass is 16.4. The quantitative estimate of drug-likeness (QED) is 0.675. The number of nitrogens with one attached hydrogen (secondary N) is 1. The van der Waals surface area contributed by atoms with Gasteiger partial charge in [-0.1, -0.05) is 54.6 Å². The summed E-state index contributed by atoms with van der Waals surface area (Å²) in [5.41, 5.74) is 2.57. The van der Waals surface area contributed by atoms with Gasteiger partial charge in [-0.15, -0.1) is 0 Å². The Morgan fingerprint density at radius 3 is 2.26 bits per heavy atom. The van der Waals surface area contributed by atoms with E-state index in [2.05, 4.69) is 5.32 Å². The van der Waals surface area contributed by atoms with Gasteiger partial charge >= 0.3 is 5.97 Å². The van der Waals surface area contributed by atoms with Crippen LogP contribution >= 0.6 is 0 Å². The summed E-state index contributed by atoms with van der Waals surface area (Å²) in [6.07, 6.45) is 0. The number of rotatable bonds is 6. The highest BCUT2D eigenvalue weighted by molar-refractivity contribution is 6.20. The highest BCUT2D eigenvalue weighted by Gasteiger charge is 2.35. The Morgan fingerprint density at radius 2 is 1.63 bits per heavy atom. The first kappa shape index (κ1) is 18.2. The number of nitrogens with zero attached hydrogens (tertiary/aromatic N) is 1. The summed E-state index contributed by atoms with van der Waals surface area (Å²) < 4.78 is 0. The number of hydrogen-bond acceptors (Lipinski definition) is 4. The van der Waals surface area contributed by atoms with E-state index in [1.807, 2.05) is 54.6 Å². The van der Waals surface area contributed by atoms with E-state index in [4.69, 9.17) is 5.11 Å². The van der Waals surface area contributed by atoms with E-state index in [0.717, 1.165) is 16.7 Å². The molecule has 0 radical (unpaired) electrons. The molecular weight excluding hydrogens is 348 g/mol. The van der Waals surface area contributed by atoms with Crippen molar-refractivity contribution in [2.45, 2.75) is 6.54 Å². The van der Waals surface area contributed by atoms with Gasteiger partial charge in [0.1, 0.15) is 17.9 Å². The lowest BCUT2D eigenvalue weighted by Crippen LogP contribution is -2.35. The molecule has 1 aliphatic rings. The standard InChI is InChI=1S/C20H18N2O5/c23-16-12-22(20(27)18(16)19(26)21-10-17(24)25)11-13-6-8-15(9-7-13)14-4-2-1-3-5-14/h1-9,23H,10-12H2,(H,21,26)(H,24,25). The molecule has 138 valence electrons. The maximum atomic E-state index is 12.4. The first-order valence-electron chi connectivity index (χ1n) is 8.31. The molecule has 0 saturated carbocycles. The van der Waals surface area contributed by atoms with Gasteiger partial charge in [0, 0.05) is 6.54 Å². The van der Waals surface area contributed by atoms with Crippen LogP contribution in [0.4, 0.5) is 0 Å². The number of aliphatic hydroxyl groups excluding tert-OH is 1. The second-order valence-electron chi connectivity index (χ2n) is 6.12. The molecule has 3 rings (SSSR count). The minimum atomic E-state index is -1.23. The summed E-state index contributed by atoms with van der Waals surface area (Å²) in [5.74, 6) is -3.10. The fourth-order valence-electron chi connectivity index (χ4n) is 2.87. The van der Waals surface area contributed by atoms with Crippen LogP contribution in [-0.2, 0) is 20.9 Å². The van der Waals surface area contributed by atoms with Crippen molar-refractivity contribution in [2.24, 2.45) is 0 Å². The van der Waals surface area contributed by atoms with Crippen LogP contribution in [0.2, 0.25) is 0 Å². The fraction of sp³-hybridized carbons (Fsp3) is 0.150. The van der Waals surface area contributed by atoms with Crippen molar-refractivity contribution >= 4 is 17.8 Å². The van der Waals surface area contributed by atoms with Gasteiger partial charge in [-0.25, -0.2) is 0 Å². The van der Waals surface area contributed by atoms with Crippen LogP contribution in [0.3, 0.4) is 0 Å². The number of carboxylic acids is 1. The molecule has 27 heavy (non-hydrogen) atoms. The average molecular weight is 366 g/mol. The molecule has 0 unspecified atom stereocenters. The molecule has 3 N–H and O–H groups in total. The highest BCUT2D eigenvalue weighted by Crippen LogP contribution is 2.23. The van der Waals surface area contributed by atoms with Crippen molar-refractivity contribution in [3.8, 4) is 11.1 Å². The summed E-state index contributed by atoms with van der Waals surface area (Å²) >= 11 is 0. The lowest BCUT2D eigenvalue weighted by molar-refractivity contribution is -0.138. The number of carbonyl (C=O) groups excluding carboxylic acids is 2. The van der Waals surface area contributed by atoms with Crippen molar-refractivity contribution in [3.05, 3.63) is 71.5 Å². The zero-order valence-electron chi connectivity index (χ0n) is 14.4. The Hall–Kier alpha value is -3.61. The van der Waals surface area contributed by atoms with E-state index < -0.39 is 29.9 Å². The van der Waals surface area contributed by atoms with Crippen molar-refractivity contribution in [1.29, 1.82) is 0 Å². The smallest absolute Gasteiger partial charge is 0.322 e. The van der Waals surface area contributed by atoms with Gasteiger partial charge in [-0.2, -0.15) is 0 Å². The van der Waals surface area contributed by atoms with Crippen LogP contribution < -0.4 is 5.32 Å². The predicted octanol–water partition coefficient (Wildman–Crippen LogP) is 1.71. The second-order valence-corrected chi connectivity index (χ2v) is 6.12. The third-order valence-electron chi connectivity index (χ3n) is 4.19. The van der Waals surface area contributed by atoms with Crippen LogP contribution in [0.5, 0.6) is 0 Å². The minimum Gasteiger partial charge on any atom is -0.509 e. The molecular formula is C20H18N2O5. The third-order valence-corrected chi connectivity index (χ3v) is 4.19. The largest absolute Gasteiger partial charge is 0.509 e. The Labute approximate surface area is 155 Å². The topological polar surface area (TPSA) is 107 Å². The fourth-order valence-corrected chi connectivity index (χ4v) is 2.87. The molecule has 0 saturated heterocycles. The summed E-state index contributed by atoms with van der Waals surface area (Å²) in [5, 5.41) is 20.6. The van der Waals surface area contributed by atoms with E-state index in [1.165, 1.54) is 4.90 Å². The third kappa shape index (κ3) is 4.14. The SMILES string of the molecule is O=C(O)CNC(=O)C1=C(O)CN(Cc2ccc(-c3ccccc3)cc2)C1=O. The zero-order valence-corrected chi connectivity index (χ0v) is 14.4. The molecule has 2 aromatic rings. The zero-order chi connectivity index (χ0) is 19.4. The Morgan fingerprint density at radius 1 is 1.00 bits per heavy atom. The molecule has 7 nitrogen and oxygen atoms in total. The normalized spacial score (nSPS) is 13.8. The van der Waals surface area contributed by atoms with Gasteiger partial charge in [-0.3, -0.25) is 14.4 Å². The monoisotopic (exact) mass is 366 g/mol. The van der Waals surface area contributed by atoms with E-state index in [0.29, 0.717) is 0 Å². The molecule has 2 amide bonds. The lowest BCUT2D eigenvalue weighted by atomic mass is 10.0. The molecule has 0 fully saturated rings. The van der Waals surface area contributed by atoms with Gasteiger partial charge in [0.25, 0.3) is 11.8 Å². The molecule has 0 aliphatic carbocycles. The van der Waals surface area contributed by atoms with Gasteiger partial charge < -0.3 is 20.4 Å². The number of carboxylic acid groups (broad SMARTS) is 1.